The zero-order valence-corrected chi connectivity index (χ0v) is 16.4. The van der Waals surface area contributed by atoms with Crippen LogP contribution < -0.4 is 0 Å². The number of fused-ring (bicyclic) bond motifs is 3. The van der Waals surface area contributed by atoms with Gasteiger partial charge in [0.05, 0.1) is 5.56 Å². The molecule has 4 rings (SSSR count). The highest BCUT2D eigenvalue weighted by molar-refractivity contribution is 5.46. The molecule has 0 saturated carbocycles. The lowest BCUT2D eigenvalue weighted by Crippen LogP contribution is -2.20. The van der Waals surface area contributed by atoms with Gasteiger partial charge in [0.1, 0.15) is 0 Å². The maximum absolute atomic E-state index is 12.8. The third-order valence-corrected chi connectivity index (χ3v) is 6.43. The summed E-state index contributed by atoms with van der Waals surface area (Å²) in [6.45, 7) is 2.18. The minimum absolute atomic E-state index is 0.316. The summed E-state index contributed by atoms with van der Waals surface area (Å²) in [4.78, 5) is 0. The zero-order chi connectivity index (χ0) is 19.7. The lowest BCUT2D eigenvalue weighted by atomic mass is 9.74. The smallest absolute Gasteiger partial charge is 0.166 e. The molecule has 2 aliphatic rings. The summed E-state index contributed by atoms with van der Waals surface area (Å²) in [6, 6.07) is 10.4. The molecule has 0 heterocycles. The van der Waals surface area contributed by atoms with Crippen LogP contribution in [0.3, 0.4) is 0 Å². The number of allylic oxidation sites excluding steroid dienone is 2. The molecule has 0 fully saturated rings. The van der Waals surface area contributed by atoms with Crippen molar-refractivity contribution < 1.29 is 13.2 Å². The topological polar surface area (TPSA) is 0 Å². The second-order valence-corrected chi connectivity index (χ2v) is 8.24. The van der Waals surface area contributed by atoms with Gasteiger partial charge in [-0.3, -0.25) is 0 Å². The van der Waals surface area contributed by atoms with Crippen molar-refractivity contribution in [1.29, 1.82) is 0 Å². The van der Waals surface area contributed by atoms with E-state index in [4.69, 9.17) is 0 Å². The summed E-state index contributed by atoms with van der Waals surface area (Å²) < 4.78 is 38.4. The maximum atomic E-state index is 12.8. The van der Waals surface area contributed by atoms with Crippen LogP contribution in [0.1, 0.15) is 65.5 Å². The largest absolute Gasteiger partial charge is 0.416 e. The van der Waals surface area contributed by atoms with Crippen molar-refractivity contribution in [2.24, 2.45) is 5.92 Å². The first-order valence-electron chi connectivity index (χ1n) is 10.4. The summed E-state index contributed by atoms with van der Waals surface area (Å²) in [7, 11) is 0. The molecule has 0 radical (unpaired) electrons. The van der Waals surface area contributed by atoms with E-state index in [1.54, 1.807) is 17.7 Å². The minimum atomic E-state index is -4.26. The van der Waals surface area contributed by atoms with Gasteiger partial charge in [0.2, 0.25) is 0 Å². The molecule has 0 bridgehead atoms. The standard InChI is InChI=1S/C25H27F3/c1-2-3-4-17-5-13-23-20(15-17)6-7-21-16-19(10-14-24(21)23)18-8-11-22(12-9-18)25(26,27)28/h3-4,6-9,11-12,17,19H,2,5,10,13-16H2,1H3/b4-3+. The van der Waals surface area contributed by atoms with Crippen LogP contribution in [0.4, 0.5) is 13.2 Å². The van der Waals surface area contributed by atoms with E-state index in [0.29, 0.717) is 11.8 Å². The lowest BCUT2D eigenvalue weighted by Gasteiger charge is -2.31. The highest BCUT2D eigenvalue weighted by atomic mass is 19.4. The van der Waals surface area contributed by atoms with Crippen LogP contribution in [0.25, 0.3) is 0 Å². The number of benzene rings is 2. The molecule has 0 aromatic heterocycles. The Balaban J connectivity index is 1.52. The van der Waals surface area contributed by atoms with Crippen LogP contribution >= 0.6 is 0 Å². The van der Waals surface area contributed by atoms with E-state index in [1.165, 1.54) is 35.2 Å². The van der Waals surface area contributed by atoms with E-state index in [-0.39, 0.29) is 0 Å². The van der Waals surface area contributed by atoms with Crippen molar-refractivity contribution in [2.45, 2.75) is 64.0 Å². The summed E-state index contributed by atoms with van der Waals surface area (Å²) >= 11 is 0. The molecule has 148 valence electrons. The van der Waals surface area contributed by atoms with Gasteiger partial charge in [0, 0.05) is 0 Å². The number of halogens is 3. The fourth-order valence-electron chi connectivity index (χ4n) is 4.92. The van der Waals surface area contributed by atoms with Crippen LogP contribution in [-0.4, -0.2) is 0 Å². The van der Waals surface area contributed by atoms with Gasteiger partial charge >= 0.3 is 6.18 Å². The first-order chi connectivity index (χ1) is 13.5. The third-order valence-electron chi connectivity index (χ3n) is 6.43. The molecule has 2 aromatic carbocycles. The Bertz CT molecular complexity index is 859. The highest BCUT2D eigenvalue weighted by Gasteiger charge is 2.31. The summed E-state index contributed by atoms with van der Waals surface area (Å²) in [5, 5.41) is 0. The Kier molecular flexibility index (Phi) is 5.35. The van der Waals surface area contributed by atoms with Gasteiger partial charge < -0.3 is 0 Å². The fraction of sp³-hybridized carbons (Fsp3) is 0.440. The molecule has 0 amide bonds. The van der Waals surface area contributed by atoms with Gasteiger partial charge in [-0.1, -0.05) is 43.3 Å². The van der Waals surface area contributed by atoms with Gasteiger partial charge in [0.25, 0.3) is 0 Å². The normalized spacial score (nSPS) is 22.1. The van der Waals surface area contributed by atoms with Crippen LogP contribution in [0, 0.1) is 5.92 Å². The Labute approximate surface area is 165 Å². The van der Waals surface area contributed by atoms with Crippen LogP contribution in [0.15, 0.2) is 48.6 Å². The summed E-state index contributed by atoms with van der Waals surface area (Å²) in [5.41, 5.74) is 6.46. The maximum Gasteiger partial charge on any atom is 0.416 e. The molecule has 3 heteroatoms. The van der Waals surface area contributed by atoms with Crippen molar-refractivity contribution >= 4 is 0 Å². The van der Waals surface area contributed by atoms with E-state index < -0.39 is 11.7 Å². The molecule has 2 atom stereocenters. The van der Waals surface area contributed by atoms with E-state index in [0.717, 1.165) is 44.1 Å². The SMILES string of the molecule is CC/C=C/C1CCc2c(ccc3c2CCC(c2ccc(C(F)(F)F)cc2)C3)C1. The van der Waals surface area contributed by atoms with E-state index >= 15 is 0 Å². The van der Waals surface area contributed by atoms with Crippen LogP contribution in [0.5, 0.6) is 0 Å². The van der Waals surface area contributed by atoms with Crippen molar-refractivity contribution in [3.63, 3.8) is 0 Å². The van der Waals surface area contributed by atoms with E-state index in [9.17, 15) is 13.2 Å². The van der Waals surface area contributed by atoms with Gasteiger partial charge in [-0.05, 0) is 96.7 Å². The molecule has 2 aliphatic carbocycles. The first-order valence-corrected chi connectivity index (χ1v) is 10.4. The fourth-order valence-corrected chi connectivity index (χ4v) is 4.92. The lowest BCUT2D eigenvalue weighted by molar-refractivity contribution is -0.137. The Hall–Kier alpha value is -2.03. The molecule has 0 saturated heterocycles. The predicted molar refractivity (Wildman–Crippen MR) is 108 cm³/mol. The Morgan fingerprint density at radius 2 is 1.54 bits per heavy atom. The molecule has 0 nitrogen and oxygen atoms in total. The second kappa shape index (κ2) is 7.77. The van der Waals surface area contributed by atoms with Gasteiger partial charge in [-0.15, -0.1) is 0 Å². The Morgan fingerprint density at radius 1 is 0.893 bits per heavy atom. The number of rotatable bonds is 3. The van der Waals surface area contributed by atoms with Crippen molar-refractivity contribution in [3.8, 4) is 0 Å². The number of hydrogen-bond acceptors (Lipinski definition) is 0. The first kappa shape index (κ1) is 19.3. The zero-order valence-electron chi connectivity index (χ0n) is 16.4. The average molecular weight is 384 g/mol. The molecule has 2 aromatic rings. The predicted octanol–water partition coefficient (Wildman–Crippen LogP) is 7.05. The molecule has 0 aliphatic heterocycles. The molecular formula is C25H27F3. The second-order valence-electron chi connectivity index (χ2n) is 8.24. The molecule has 0 N–H and O–H groups in total. The monoisotopic (exact) mass is 384 g/mol. The number of alkyl halides is 3. The van der Waals surface area contributed by atoms with Crippen molar-refractivity contribution in [2.75, 3.05) is 0 Å². The minimum Gasteiger partial charge on any atom is -0.166 e. The summed E-state index contributed by atoms with van der Waals surface area (Å²) in [6.07, 6.45) is 8.01. The Morgan fingerprint density at radius 3 is 2.18 bits per heavy atom. The third kappa shape index (κ3) is 3.90. The molecule has 0 spiro atoms. The van der Waals surface area contributed by atoms with E-state index in [1.807, 2.05) is 0 Å². The van der Waals surface area contributed by atoms with Gasteiger partial charge in [-0.2, -0.15) is 13.2 Å². The van der Waals surface area contributed by atoms with Crippen molar-refractivity contribution in [3.05, 3.63) is 81.9 Å². The van der Waals surface area contributed by atoms with Crippen molar-refractivity contribution in [1.82, 2.24) is 0 Å². The average Bonchev–Trinajstić information content (AvgIpc) is 2.71. The van der Waals surface area contributed by atoms with Gasteiger partial charge in [0.15, 0.2) is 0 Å². The number of hydrogen-bond donors (Lipinski definition) is 0. The van der Waals surface area contributed by atoms with Crippen LogP contribution in [0.2, 0.25) is 0 Å². The molecule has 28 heavy (non-hydrogen) atoms. The molecular weight excluding hydrogens is 357 g/mol. The quantitative estimate of drug-likeness (QED) is 0.497. The molecule has 2 unspecified atom stereocenters. The highest BCUT2D eigenvalue weighted by Crippen LogP contribution is 2.39. The van der Waals surface area contributed by atoms with Gasteiger partial charge in [-0.25, -0.2) is 0 Å². The van der Waals surface area contributed by atoms with E-state index in [2.05, 4.69) is 31.2 Å². The summed E-state index contributed by atoms with van der Waals surface area (Å²) in [5.74, 6) is 0.977. The van der Waals surface area contributed by atoms with Crippen LogP contribution in [-0.2, 0) is 31.9 Å².